The molecule has 0 amide bonds. The van der Waals surface area contributed by atoms with Crippen LogP contribution < -0.4 is 10.2 Å². The van der Waals surface area contributed by atoms with Gasteiger partial charge in [-0.25, -0.2) is 4.98 Å². The fraction of sp³-hybridized carbons (Fsp3) is 0.300. The molecule has 1 saturated heterocycles. The summed E-state index contributed by atoms with van der Waals surface area (Å²) in [7, 11) is 0. The number of para-hydroxylation sites is 2. The number of nitrogens with zero attached hydrogens (tertiary/aromatic N) is 4. The highest BCUT2D eigenvalue weighted by Gasteiger charge is 2.18. The Morgan fingerprint density at radius 2 is 1.88 bits per heavy atom. The fourth-order valence-corrected chi connectivity index (χ4v) is 3.37. The first kappa shape index (κ1) is 15.7. The van der Waals surface area contributed by atoms with Gasteiger partial charge < -0.3 is 14.8 Å². The van der Waals surface area contributed by atoms with Gasteiger partial charge in [0.05, 0.1) is 29.2 Å². The minimum atomic E-state index is 0.693. The van der Waals surface area contributed by atoms with E-state index < -0.39 is 0 Å². The van der Waals surface area contributed by atoms with E-state index in [1.165, 1.54) is 5.56 Å². The highest BCUT2D eigenvalue weighted by molar-refractivity contribution is 5.79. The summed E-state index contributed by atoms with van der Waals surface area (Å²) in [4.78, 5) is 7.30. The zero-order valence-corrected chi connectivity index (χ0v) is 14.2. The van der Waals surface area contributed by atoms with Crippen LogP contribution in [0.2, 0.25) is 0 Å². The number of rotatable bonds is 3. The van der Waals surface area contributed by atoms with Crippen LogP contribution in [0.1, 0.15) is 17.5 Å². The largest absolute Gasteiger partial charge is 0.341 e. The number of fused-ring (bicyclic) bond motifs is 1. The van der Waals surface area contributed by atoms with Gasteiger partial charge in [0.1, 0.15) is 0 Å². The lowest BCUT2D eigenvalue weighted by atomic mass is 10.1. The van der Waals surface area contributed by atoms with Crippen molar-refractivity contribution < 1.29 is 0 Å². The molecule has 0 spiro atoms. The Morgan fingerprint density at radius 1 is 1.04 bits per heavy atom. The molecule has 2 heterocycles. The first-order valence-corrected chi connectivity index (χ1v) is 8.75. The van der Waals surface area contributed by atoms with Gasteiger partial charge in [0, 0.05) is 19.6 Å². The smallest absolute Gasteiger partial charge is 0.206 e. The van der Waals surface area contributed by atoms with Crippen LogP contribution in [0.15, 0.2) is 48.5 Å². The summed E-state index contributed by atoms with van der Waals surface area (Å²) in [6, 6.07) is 18.3. The van der Waals surface area contributed by atoms with E-state index in [9.17, 15) is 0 Å². The summed E-state index contributed by atoms with van der Waals surface area (Å²) in [6.45, 7) is 4.79. The molecule has 1 aromatic heterocycles. The number of hydrogen-bond donors (Lipinski definition) is 1. The van der Waals surface area contributed by atoms with Gasteiger partial charge in [-0.15, -0.1) is 0 Å². The normalized spacial score (nSPS) is 15.1. The molecule has 0 unspecified atom stereocenters. The molecule has 3 aromatic rings. The molecule has 5 heteroatoms. The first-order chi connectivity index (χ1) is 12.3. The summed E-state index contributed by atoms with van der Waals surface area (Å²) in [6.07, 6.45) is 1.13. The number of imidazole rings is 1. The van der Waals surface area contributed by atoms with E-state index in [-0.39, 0.29) is 0 Å². The molecule has 1 fully saturated rings. The van der Waals surface area contributed by atoms with Crippen LogP contribution in [0, 0.1) is 11.3 Å². The standard InChI is InChI=1S/C20H21N5/c21-14-16-6-8-17(9-7-16)15-25-19-5-2-1-4-18(19)23-20(25)24-12-3-10-22-11-13-24/h1-2,4-9,22H,3,10-13,15H2. The maximum Gasteiger partial charge on any atom is 0.206 e. The molecule has 1 aliphatic heterocycles. The molecule has 1 N–H and O–H groups in total. The Morgan fingerprint density at radius 3 is 2.72 bits per heavy atom. The van der Waals surface area contributed by atoms with Gasteiger partial charge in [0.2, 0.25) is 5.95 Å². The van der Waals surface area contributed by atoms with E-state index in [0.717, 1.165) is 56.1 Å². The van der Waals surface area contributed by atoms with Gasteiger partial charge in [0.25, 0.3) is 0 Å². The average molecular weight is 331 g/mol. The van der Waals surface area contributed by atoms with Crippen LogP contribution in [0.4, 0.5) is 5.95 Å². The van der Waals surface area contributed by atoms with Crippen LogP contribution in [0.25, 0.3) is 11.0 Å². The lowest BCUT2D eigenvalue weighted by Crippen LogP contribution is -2.30. The molecular formula is C20H21N5. The van der Waals surface area contributed by atoms with Crippen LogP contribution in [-0.2, 0) is 6.54 Å². The molecule has 126 valence electrons. The number of benzene rings is 2. The van der Waals surface area contributed by atoms with Crippen molar-refractivity contribution in [2.75, 3.05) is 31.1 Å². The van der Waals surface area contributed by atoms with Gasteiger partial charge in [0.15, 0.2) is 0 Å². The average Bonchev–Trinajstić information content (AvgIpc) is 2.84. The number of hydrogen-bond acceptors (Lipinski definition) is 4. The molecule has 2 aromatic carbocycles. The maximum atomic E-state index is 8.99. The van der Waals surface area contributed by atoms with E-state index in [1.54, 1.807) is 0 Å². The van der Waals surface area contributed by atoms with Gasteiger partial charge >= 0.3 is 0 Å². The SMILES string of the molecule is N#Cc1ccc(Cn2c(N3CCCNCC3)nc3ccccc32)cc1. The van der Waals surface area contributed by atoms with Gasteiger partial charge in [-0.05, 0) is 42.8 Å². The maximum absolute atomic E-state index is 8.99. The lowest BCUT2D eigenvalue weighted by molar-refractivity contribution is 0.722. The molecule has 0 saturated carbocycles. The molecule has 5 nitrogen and oxygen atoms in total. The molecule has 0 bridgehead atoms. The van der Waals surface area contributed by atoms with Gasteiger partial charge in [-0.2, -0.15) is 5.26 Å². The summed E-state index contributed by atoms with van der Waals surface area (Å²) in [5, 5.41) is 12.4. The first-order valence-electron chi connectivity index (χ1n) is 8.75. The van der Waals surface area contributed by atoms with Crippen molar-refractivity contribution in [1.29, 1.82) is 5.26 Å². The van der Waals surface area contributed by atoms with E-state index in [0.29, 0.717) is 5.56 Å². The highest BCUT2D eigenvalue weighted by atomic mass is 15.3. The minimum Gasteiger partial charge on any atom is -0.341 e. The van der Waals surface area contributed by atoms with Crippen molar-refractivity contribution in [2.45, 2.75) is 13.0 Å². The predicted octanol–water partition coefficient (Wildman–Crippen LogP) is 2.76. The minimum absolute atomic E-state index is 0.693. The molecule has 0 atom stereocenters. The van der Waals surface area contributed by atoms with Crippen molar-refractivity contribution in [3.8, 4) is 6.07 Å². The second kappa shape index (κ2) is 6.96. The number of anilines is 1. The fourth-order valence-electron chi connectivity index (χ4n) is 3.37. The predicted molar refractivity (Wildman–Crippen MR) is 99.7 cm³/mol. The molecule has 25 heavy (non-hydrogen) atoms. The second-order valence-electron chi connectivity index (χ2n) is 6.39. The second-order valence-corrected chi connectivity index (χ2v) is 6.39. The monoisotopic (exact) mass is 331 g/mol. The third-order valence-corrected chi connectivity index (χ3v) is 4.68. The number of aromatic nitrogens is 2. The summed E-state index contributed by atoms with van der Waals surface area (Å²) < 4.78 is 2.29. The van der Waals surface area contributed by atoms with E-state index in [4.69, 9.17) is 10.2 Å². The summed E-state index contributed by atoms with van der Waals surface area (Å²) >= 11 is 0. The van der Waals surface area contributed by atoms with Crippen LogP contribution in [0.5, 0.6) is 0 Å². The molecule has 1 aliphatic rings. The third kappa shape index (κ3) is 3.21. The van der Waals surface area contributed by atoms with Crippen LogP contribution in [-0.4, -0.2) is 35.7 Å². The van der Waals surface area contributed by atoms with Crippen molar-refractivity contribution in [1.82, 2.24) is 14.9 Å². The van der Waals surface area contributed by atoms with Crippen LogP contribution in [0.3, 0.4) is 0 Å². The van der Waals surface area contributed by atoms with E-state index in [2.05, 4.69) is 39.1 Å². The van der Waals surface area contributed by atoms with E-state index >= 15 is 0 Å². The Balaban J connectivity index is 1.74. The van der Waals surface area contributed by atoms with Crippen molar-refractivity contribution >= 4 is 17.0 Å². The Hall–Kier alpha value is -2.84. The molecule has 4 rings (SSSR count). The van der Waals surface area contributed by atoms with Crippen molar-refractivity contribution in [3.63, 3.8) is 0 Å². The third-order valence-electron chi connectivity index (χ3n) is 4.68. The highest BCUT2D eigenvalue weighted by Crippen LogP contribution is 2.24. The quantitative estimate of drug-likeness (QED) is 0.802. The van der Waals surface area contributed by atoms with Gasteiger partial charge in [-0.1, -0.05) is 24.3 Å². The molecule has 0 radical (unpaired) electrons. The lowest BCUT2D eigenvalue weighted by Gasteiger charge is -2.22. The Kier molecular flexibility index (Phi) is 4.36. The molecule has 0 aliphatic carbocycles. The summed E-state index contributed by atoms with van der Waals surface area (Å²) in [5.74, 6) is 1.04. The topological polar surface area (TPSA) is 56.9 Å². The number of nitrogens with one attached hydrogen (secondary N) is 1. The Labute approximate surface area is 147 Å². The van der Waals surface area contributed by atoms with Crippen LogP contribution >= 0.6 is 0 Å². The zero-order valence-electron chi connectivity index (χ0n) is 14.2. The Bertz CT molecular complexity index is 896. The van der Waals surface area contributed by atoms with Crippen molar-refractivity contribution in [3.05, 3.63) is 59.7 Å². The molecular weight excluding hydrogens is 310 g/mol. The number of nitriles is 1. The van der Waals surface area contributed by atoms with E-state index in [1.807, 2.05) is 30.3 Å². The van der Waals surface area contributed by atoms with Crippen molar-refractivity contribution in [2.24, 2.45) is 0 Å². The zero-order chi connectivity index (χ0) is 17.1. The summed E-state index contributed by atoms with van der Waals surface area (Å²) in [5.41, 5.74) is 4.05. The van der Waals surface area contributed by atoms with Gasteiger partial charge in [-0.3, -0.25) is 0 Å².